The van der Waals surface area contributed by atoms with Crippen LogP contribution in [0.1, 0.15) is 92.4 Å². The highest BCUT2D eigenvalue weighted by atomic mass is 32.3. The Morgan fingerprint density at radius 3 is 2.30 bits per heavy atom. The van der Waals surface area contributed by atoms with Gasteiger partial charge in [0.15, 0.2) is 0 Å². The van der Waals surface area contributed by atoms with Gasteiger partial charge in [0.05, 0.1) is 42.2 Å². The Hall–Kier alpha value is -0.370. The van der Waals surface area contributed by atoms with E-state index in [1.54, 1.807) is 0 Å². The van der Waals surface area contributed by atoms with E-state index in [4.69, 9.17) is 4.55 Å². The van der Waals surface area contributed by atoms with Crippen molar-refractivity contribution in [2.45, 2.75) is 128 Å². The molecule has 0 aromatic rings. The van der Waals surface area contributed by atoms with Gasteiger partial charge in [0, 0.05) is 11.8 Å². The average Bonchev–Trinajstić information content (AvgIpc) is 3.05. The van der Waals surface area contributed by atoms with Crippen LogP contribution in [0.25, 0.3) is 0 Å². The summed E-state index contributed by atoms with van der Waals surface area (Å²) in [6, 6.07) is 0. The molecule has 0 heterocycles. The second-order valence-corrected chi connectivity index (χ2v) is 15.6. The maximum atomic E-state index is 11.7. The minimum Gasteiger partial charge on any atom is -0.393 e. The summed E-state index contributed by atoms with van der Waals surface area (Å²) in [5.74, 6) is -0.807. The van der Waals surface area contributed by atoms with E-state index < -0.39 is 63.5 Å². The summed E-state index contributed by atoms with van der Waals surface area (Å²) in [7, 11) is -4.68. The van der Waals surface area contributed by atoms with Gasteiger partial charge in [0.2, 0.25) is 0 Å². The van der Waals surface area contributed by atoms with Crippen molar-refractivity contribution >= 4 is 10.4 Å². The Morgan fingerprint density at radius 1 is 1.05 bits per heavy atom. The van der Waals surface area contributed by atoms with Crippen LogP contribution < -0.4 is 0 Å². The summed E-state index contributed by atoms with van der Waals surface area (Å²) < 4.78 is 35.5. The number of fused-ring (bicyclic) bond motifs is 5. The first-order chi connectivity index (χ1) is 18.3. The lowest BCUT2D eigenvalue weighted by atomic mass is 9.42. The predicted molar refractivity (Wildman–Crippen MR) is 147 cm³/mol. The molecule has 4 saturated carbocycles. The van der Waals surface area contributed by atoms with Crippen LogP contribution >= 0.6 is 0 Å². The number of aliphatic hydroxyl groups is 6. The Balaban J connectivity index is 1.53. The van der Waals surface area contributed by atoms with Crippen LogP contribution in [0.4, 0.5) is 0 Å². The molecule has 11 heteroatoms. The fourth-order valence-corrected chi connectivity index (χ4v) is 10.7. The van der Waals surface area contributed by atoms with E-state index in [2.05, 4.69) is 18.0 Å². The quantitative estimate of drug-likeness (QED) is 0.195. The van der Waals surface area contributed by atoms with Crippen molar-refractivity contribution in [3.63, 3.8) is 0 Å². The van der Waals surface area contributed by atoms with Crippen molar-refractivity contribution in [1.82, 2.24) is 0 Å². The van der Waals surface area contributed by atoms with Crippen molar-refractivity contribution in [1.29, 1.82) is 0 Å². The zero-order valence-corrected chi connectivity index (χ0v) is 25.4. The van der Waals surface area contributed by atoms with Crippen LogP contribution in [0.15, 0.2) is 0 Å². The lowest BCUT2D eigenvalue weighted by Crippen LogP contribution is -2.69. The molecule has 0 spiro atoms. The third kappa shape index (κ3) is 5.30. The second-order valence-electron chi connectivity index (χ2n) is 14.5. The molecule has 4 aliphatic rings. The van der Waals surface area contributed by atoms with Gasteiger partial charge in [0.1, 0.15) is 0 Å². The smallest absolute Gasteiger partial charge is 0.393 e. The van der Waals surface area contributed by atoms with E-state index >= 15 is 0 Å². The molecule has 0 bridgehead atoms. The Bertz CT molecular complexity index is 1020. The highest BCUT2D eigenvalue weighted by molar-refractivity contribution is 7.80. The van der Waals surface area contributed by atoms with Gasteiger partial charge in [-0.15, -0.1) is 0 Å². The molecule has 0 amide bonds. The lowest BCUT2D eigenvalue weighted by Gasteiger charge is -2.65. The molecule has 4 rings (SSSR count). The van der Waals surface area contributed by atoms with Crippen LogP contribution in [0, 0.1) is 46.3 Å². The predicted octanol–water partition coefficient (Wildman–Crippen LogP) is 2.05. The summed E-state index contributed by atoms with van der Waals surface area (Å²) in [5, 5.41) is 67.2. The molecule has 0 aromatic carbocycles. The van der Waals surface area contributed by atoms with Crippen molar-refractivity contribution in [3.8, 4) is 0 Å². The van der Waals surface area contributed by atoms with Gasteiger partial charge < -0.3 is 30.6 Å². The molecule has 4 aliphatic carbocycles. The van der Waals surface area contributed by atoms with Gasteiger partial charge in [-0.05, 0) is 92.8 Å². The van der Waals surface area contributed by atoms with Gasteiger partial charge in [-0.1, -0.05) is 34.1 Å². The van der Waals surface area contributed by atoms with Crippen LogP contribution in [-0.2, 0) is 14.6 Å². The third-order valence-electron chi connectivity index (χ3n) is 12.4. The zero-order chi connectivity index (χ0) is 30.1. The van der Waals surface area contributed by atoms with Crippen molar-refractivity contribution in [2.75, 3.05) is 6.61 Å². The normalized spacial score (nSPS) is 48.4. The Morgan fingerprint density at radius 2 is 1.70 bits per heavy atom. The van der Waals surface area contributed by atoms with Crippen molar-refractivity contribution < 1.29 is 47.8 Å². The summed E-state index contributed by atoms with van der Waals surface area (Å²) in [5.41, 5.74) is -3.84. The molecular formula is C29H52O10S. The molecule has 234 valence electrons. The number of rotatable bonds is 9. The molecule has 7 N–H and O–H groups in total. The van der Waals surface area contributed by atoms with Crippen molar-refractivity contribution in [3.05, 3.63) is 0 Å². The topological polar surface area (TPSA) is 185 Å². The van der Waals surface area contributed by atoms with Gasteiger partial charge in [-0.3, -0.25) is 4.55 Å². The maximum absolute atomic E-state index is 11.7. The number of hydrogen-bond donors (Lipinski definition) is 7. The average molecular weight is 593 g/mol. The van der Waals surface area contributed by atoms with E-state index in [1.165, 1.54) is 6.92 Å². The van der Waals surface area contributed by atoms with Crippen LogP contribution in [0.5, 0.6) is 0 Å². The zero-order valence-electron chi connectivity index (χ0n) is 24.6. The van der Waals surface area contributed by atoms with E-state index in [1.807, 2.05) is 13.8 Å². The standard InChI is InChI=1S/C29H52O10S/c1-6-17(28(5,34)15-39-40(36,37)38)8-7-16(2)22-24(32)25(33)23-19-13-21(31)29(35)14-18(30)9-12-27(29,4)20(19)10-11-26(22,23)3/h16-25,30-35H,6-15H2,1-5H3,(H,36,37,38). The van der Waals surface area contributed by atoms with Crippen molar-refractivity contribution in [2.24, 2.45) is 46.3 Å². The highest BCUT2D eigenvalue weighted by Gasteiger charge is 2.70. The fraction of sp³-hybridized carbons (Fsp3) is 1.00. The first-order valence-electron chi connectivity index (χ1n) is 15.1. The van der Waals surface area contributed by atoms with Crippen LogP contribution in [0.3, 0.4) is 0 Å². The Kier molecular flexibility index (Phi) is 8.92. The van der Waals surface area contributed by atoms with E-state index in [0.29, 0.717) is 38.5 Å². The summed E-state index contributed by atoms with van der Waals surface area (Å²) in [6.07, 6.45) is 1.36. The summed E-state index contributed by atoms with van der Waals surface area (Å²) in [6.45, 7) is 9.05. The fourth-order valence-electron chi connectivity index (χ4n) is 10.3. The summed E-state index contributed by atoms with van der Waals surface area (Å²) >= 11 is 0. The molecule has 10 nitrogen and oxygen atoms in total. The van der Waals surface area contributed by atoms with Crippen LogP contribution in [0.2, 0.25) is 0 Å². The number of hydrogen-bond acceptors (Lipinski definition) is 9. The second kappa shape index (κ2) is 11.0. The molecule has 40 heavy (non-hydrogen) atoms. The number of aliphatic hydroxyl groups excluding tert-OH is 4. The largest absolute Gasteiger partial charge is 0.397 e. The van der Waals surface area contributed by atoms with Gasteiger partial charge >= 0.3 is 10.4 Å². The molecule has 4 fully saturated rings. The Labute approximate surface area is 239 Å². The minimum atomic E-state index is -4.68. The van der Waals surface area contributed by atoms with E-state index in [-0.39, 0.29) is 41.9 Å². The minimum absolute atomic E-state index is 0.0191. The molecular weight excluding hydrogens is 540 g/mol. The molecule has 0 aliphatic heterocycles. The monoisotopic (exact) mass is 592 g/mol. The van der Waals surface area contributed by atoms with E-state index in [9.17, 15) is 39.1 Å². The van der Waals surface area contributed by atoms with Gasteiger partial charge in [-0.25, -0.2) is 4.18 Å². The van der Waals surface area contributed by atoms with Gasteiger partial charge in [-0.2, -0.15) is 8.42 Å². The molecule has 0 radical (unpaired) electrons. The lowest BCUT2D eigenvalue weighted by molar-refractivity contribution is -0.268. The van der Waals surface area contributed by atoms with E-state index in [0.717, 1.165) is 12.8 Å². The molecule has 0 aromatic heterocycles. The summed E-state index contributed by atoms with van der Waals surface area (Å²) in [4.78, 5) is 0. The first kappa shape index (κ1) is 32.5. The maximum Gasteiger partial charge on any atom is 0.397 e. The van der Waals surface area contributed by atoms with Gasteiger partial charge in [0.25, 0.3) is 0 Å². The highest BCUT2D eigenvalue weighted by Crippen LogP contribution is 2.69. The first-order valence-corrected chi connectivity index (χ1v) is 16.5. The SMILES string of the molecule is CCC(CCC(C)C1C(O)C(O)C2C3CC(O)C4(O)CC(O)CCC4(C)C3CCC12C)C(C)(O)COS(=O)(=O)O. The third-order valence-corrected chi connectivity index (χ3v) is 12.9. The molecule has 14 atom stereocenters. The van der Waals surface area contributed by atoms with Crippen LogP contribution in [-0.4, -0.2) is 85.8 Å². The molecule has 14 unspecified atom stereocenters. The molecule has 0 saturated heterocycles.